The van der Waals surface area contributed by atoms with Gasteiger partial charge < -0.3 is 0 Å². The second-order valence-electron chi connectivity index (χ2n) is 12.7. The summed E-state index contributed by atoms with van der Waals surface area (Å²) in [5, 5.41) is 0. The van der Waals surface area contributed by atoms with Crippen molar-refractivity contribution in [3.63, 3.8) is 0 Å². The molecule has 0 N–H and O–H groups in total. The van der Waals surface area contributed by atoms with E-state index in [9.17, 15) is 9.59 Å². The molecule has 40 heavy (non-hydrogen) atoms. The normalized spacial score (nSPS) is 21.2. The summed E-state index contributed by atoms with van der Waals surface area (Å²) >= 11 is 0. The average Bonchev–Trinajstić information content (AvgIpc) is 2.91. The number of carbonyl (C=O) groups is 2. The van der Waals surface area contributed by atoms with E-state index < -0.39 is 45.7 Å². The largest absolute Gasteiger partial charge is 0.397 e. The van der Waals surface area contributed by atoms with Crippen LogP contribution in [0.15, 0.2) is 60.7 Å². The lowest BCUT2D eigenvalue weighted by atomic mass is 9.58. The summed E-state index contributed by atoms with van der Waals surface area (Å²) in [6.45, 7) is 17.3. The van der Waals surface area contributed by atoms with Crippen molar-refractivity contribution in [3.05, 3.63) is 71.8 Å². The fourth-order valence-electron chi connectivity index (χ4n) is 5.18. The molecule has 3 unspecified atom stereocenters. The molecular weight excluding hydrogens is 512 g/mol. The van der Waals surface area contributed by atoms with Crippen LogP contribution in [0.1, 0.15) is 92.7 Å². The SMILES string of the molecule is CCC(C(=O)OOC(=O)C1(c2ccccc2)OOC1C)(c1ccccc1)C(C)(C)CCC(C)(C)OOC(C)(C)C. The maximum absolute atomic E-state index is 14.1. The van der Waals surface area contributed by atoms with Gasteiger partial charge in [-0.05, 0) is 71.8 Å². The van der Waals surface area contributed by atoms with Crippen molar-refractivity contribution in [2.24, 2.45) is 5.41 Å². The van der Waals surface area contributed by atoms with E-state index in [1.54, 1.807) is 31.2 Å². The third kappa shape index (κ3) is 6.41. The zero-order chi connectivity index (χ0) is 29.8. The van der Waals surface area contributed by atoms with Crippen LogP contribution in [0.25, 0.3) is 0 Å². The van der Waals surface area contributed by atoms with E-state index in [1.165, 1.54) is 0 Å². The summed E-state index contributed by atoms with van der Waals surface area (Å²) in [4.78, 5) is 59.8. The van der Waals surface area contributed by atoms with E-state index in [0.29, 0.717) is 24.8 Å². The lowest BCUT2D eigenvalue weighted by Crippen LogP contribution is -2.58. The highest BCUT2D eigenvalue weighted by molar-refractivity contribution is 5.86. The van der Waals surface area contributed by atoms with E-state index in [4.69, 9.17) is 29.3 Å². The molecule has 0 amide bonds. The lowest BCUT2D eigenvalue weighted by Gasteiger charge is -2.45. The number of benzene rings is 2. The summed E-state index contributed by atoms with van der Waals surface area (Å²) < 4.78 is 0. The van der Waals surface area contributed by atoms with Crippen LogP contribution in [0.5, 0.6) is 0 Å². The summed E-state index contributed by atoms with van der Waals surface area (Å²) in [6, 6.07) is 18.3. The number of hydrogen-bond acceptors (Lipinski definition) is 8. The van der Waals surface area contributed by atoms with Crippen LogP contribution < -0.4 is 0 Å². The predicted octanol–water partition coefficient (Wildman–Crippen LogP) is 6.91. The van der Waals surface area contributed by atoms with Crippen molar-refractivity contribution in [3.8, 4) is 0 Å². The van der Waals surface area contributed by atoms with Gasteiger partial charge in [0.15, 0.2) is 0 Å². The lowest BCUT2D eigenvalue weighted by molar-refractivity contribution is -0.504. The monoisotopic (exact) mass is 556 g/mol. The third-order valence-corrected chi connectivity index (χ3v) is 7.77. The molecule has 0 aromatic heterocycles. The van der Waals surface area contributed by atoms with E-state index in [0.717, 1.165) is 5.56 Å². The zero-order valence-electron chi connectivity index (χ0n) is 25.2. The Hall–Kier alpha value is -2.78. The molecule has 2 aromatic rings. The Morgan fingerprint density at radius 1 is 0.825 bits per heavy atom. The van der Waals surface area contributed by atoms with Crippen molar-refractivity contribution in [1.29, 1.82) is 0 Å². The minimum Gasteiger partial charge on any atom is -0.246 e. The van der Waals surface area contributed by atoms with Gasteiger partial charge in [0.1, 0.15) is 11.5 Å². The van der Waals surface area contributed by atoms with Gasteiger partial charge in [-0.2, -0.15) is 0 Å². The molecule has 1 heterocycles. The molecule has 1 saturated heterocycles. The zero-order valence-corrected chi connectivity index (χ0v) is 25.2. The number of carbonyl (C=O) groups excluding carboxylic acids is 2. The van der Waals surface area contributed by atoms with Crippen LogP contribution in [0.2, 0.25) is 0 Å². The first-order valence-corrected chi connectivity index (χ1v) is 13.9. The standard InChI is InChI=1S/C32H44O8/c1-10-31(24-17-13-11-14-18-24,29(6,7)21-22-30(8,9)39-38-28(3,4)5)26(33)36-37-27(34)32(23(2)35-40-32)25-19-15-12-16-20-25/h11-20,23H,10,21-22H2,1-9H3. The van der Waals surface area contributed by atoms with E-state index in [-0.39, 0.29) is 0 Å². The van der Waals surface area contributed by atoms with E-state index in [1.807, 2.05) is 91.8 Å². The minimum atomic E-state index is -1.53. The van der Waals surface area contributed by atoms with Crippen molar-refractivity contribution >= 4 is 11.9 Å². The van der Waals surface area contributed by atoms with Crippen LogP contribution in [-0.2, 0) is 49.9 Å². The summed E-state index contributed by atoms with van der Waals surface area (Å²) in [5.41, 5.74) is -3.08. The fraction of sp³-hybridized carbons (Fsp3) is 0.562. The molecule has 0 spiro atoms. The molecule has 0 saturated carbocycles. The fourth-order valence-corrected chi connectivity index (χ4v) is 5.18. The molecule has 1 aliphatic rings. The Morgan fingerprint density at radius 3 is 1.88 bits per heavy atom. The maximum atomic E-state index is 14.1. The molecule has 2 aromatic carbocycles. The van der Waals surface area contributed by atoms with Gasteiger partial charge in [-0.25, -0.2) is 38.9 Å². The van der Waals surface area contributed by atoms with Gasteiger partial charge in [-0.3, -0.25) is 0 Å². The van der Waals surface area contributed by atoms with Gasteiger partial charge in [-0.15, -0.1) is 0 Å². The van der Waals surface area contributed by atoms with Crippen molar-refractivity contribution in [2.75, 3.05) is 0 Å². The molecular formula is C32H44O8. The molecule has 3 rings (SSSR count). The average molecular weight is 557 g/mol. The van der Waals surface area contributed by atoms with Crippen LogP contribution in [0.4, 0.5) is 0 Å². The highest BCUT2D eigenvalue weighted by atomic mass is 17.3. The van der Waals surface area contributed by atoms with Gasteiger partial charge >= 0.3 is 11.9 Å². The number of rotatable bonds is 11. The highest BCUT2D eigenvalue weighted by Crippen LogP contribution is 2.50. The molecule has 1 aliphatic heterocycles. The van der Waals surface area contributed by atoms with Gasteiger partial charge in [0.25, 0.3) is 5.60 Å². The Bertz CT molecular complexity index is 1140. The molecule has 3 atom stereocenters. The van der Waals surface area contributed by atoms with Crippen LogP contribution >= 0.6 is 0 Å². The van der Waals surface area contributed by atoms with Crippen LogP contribution in [0.3, 0.4) is 0 Å². The molecule has 1 fully saturated rings. The van der Waals surface area contributed by atoms with Gasteiger partial charge in [0.05, 0.1) is 11.2 Å². The molecule has 220 valence electrons. The quantitative estimate of drug-likeness (QED) is 0.218. The highest BCUT2D eigenvalue weighted by Gasteiger charge is 2.60. The summed E-state index contributed by atoms with van der Waals surface area (Å²) in [7, 11) is 0. The third-order valence-electron chi connectivity index (χ3n) is 7.77. The van der Waals surface area contributed by atoms with Crippen LogP contribution in [0, 0.1) is 5.41 Å². The van der Waals surface area contributed by atoms with Gasteiger partial charge in [0, 0.05) is 5.56 Å². The summed E-state index contributed by atoms with van der Waals surface area (Å²) in [6.07, 6.45) is 0.943. The Balaban J connectivity index is 1.86. The maximum Gasteiger partial charge on any atom is 0.397 e. The molecule has 0 bridgehead atoms. The predicted molar refractivity (Wildman–Crippen MR) is 149 cm³/mol. The summed E-state index contributed by atoms with van der Waals surface area (Å²) in [5.74, 6) is -1.53. The first kappa shape index (κ1) is 31.7. The Kier molecular flexibility index (Phi) is 9.51. The second-order valence-corrected chi connectivity index (χ2v) is 12.7. The van der Waals surface area contributed by atoms with Crippen LogP contribution in [-0.4, -0.2) is 29.2 Å². The van der Waals surface area contributed by atoms with Crippen molar-refractivity contribution in [1.82, 2.24) is 0 Å². The van der Waals surface area contributed by atoms with Crippen molar-refractivity contribution in [2.45, 2.75) is 110 Å². The number of hydrogen-bond donors (Lipinski definition) is 0. The van der Waals surface area contributed by atoms with E-state index >= 15 is 0 Å². The molecule has 0 aliphatic carbocycles. The first-order chi connectivity index (χ1) is 18.6. The van der Waals surface area contributed by atoms with Gasteiger partial charge in [0.2, 0.25) is 0 Å². The molecule has 8 nitrogen and oxygen atoms in total. The molecule has 0 radical (unpaired) electrons. The van der Waals surface area contributed by atoms with E-state index in [2.05, 4.69) is 0 Å². The van der Waals surface area contributed by atoms with Gasteiger partial charge in [-0.1, -0.05) is 81.4 Å². The Morgan fingerprint density at radius 2 is 1.40 bits per heavy atom. The van der Waals surface area contributed by atoms with Crippen molar-refractivity contribution < 1.29 is 38.9 Å². The topological polar surface area (TPSA) is 89.5 Å². The Labute approximate surface area is 238 Å². The smallest absolute Gasteiger partial charge is 0.246 e. The molecule has 8 heteroatoms. The minimum absolute atomic E-state index is 0.403. The second kappa shape index (κ2) is 12.0. The first-order valence-electron chi connectivity index (χ1n) is 13.9.